The summed E-state index contributed by atoms with van der Waals surface area (Å²) in [5, 5.41) is 0. The van der Waals surface area contributed by atoms with Crippen LogP contribution in [0.5, 0.6) is 0 Å². The quantitative estimate of drug-likeness (QED) is 0.175. The number of allylic oxidation sites excluding steroid dienone is 4. The van der Waals surface area contributed by atoms with Crippen molar-refractivity contribution >= 4 is 45.7 Å². The van der Waals surface area contributed by atoms with Crippen LogP contribution in [-0.2, 0) is 9.59 Å². The second-order valence-electron chi connectivity index (χ2n) is 11.4. The summed E-state index contributed by atoms with van der Waals surface area (Å²) in [5.41, 5.74) is -0.504. The first-order chi connectivity index (χ1) is 13.2. The molecule has 0 aromatic carbocycles. The zero-order valence-corrected chi connectivity index (χ0v) is 25.4. The fourth-order valence-corrected chi connectivity index (χ4v) is 19.3. The van der Waals surface area contributed by atoms with Crippen molar-refractivity contribution in [2.24, 2.45) is 21.7 Å². The molecule has 0 saturated carbocycles. The zero-order chi connectivity index (χ0) is 24.0. The summed E-state index contributed by atoms with van der Waals surface area (Å²) in [6, 6.07) is 0. The van der Waals surface area contributed by atoms with Gasteiger partial charge in [0.05, 0.1) is 0 Å². The summed E-state index contributed by atoms with van der Waals surface area (Å²) < 4.78 is 2.46. The molecule has 0 amide bonds. The fraction of sp³-hybridized carbons (Fsp3) is 0.615. The van der Waals surface area contributed by atoms with Gasteiger partial charge in [0, 0.05) is 0 Å². The van der Waals surface area contributed by atoms with Crippen LogP contribution in [0.15, 0.2) is 19.4 Å². The van der Waals surface area contributed by atoms with Crippen LogP contribution in [0, 0.1) is 45.3 Å². The van der Waals surface area contributed by atoms with Crippen molar-refractivity contribution < 1.29 is 9.59 Å². The third-order valence-corrected chi connectivity index (χ3v) is 17.2. The van der Waals surface area contributed by atoms with Crippen LogP contribution >= 0.6 is 0 Å². The fourth-order valence-electron chi connectivity index (χ4n) is 1.63. The molecule has 4 heteroatoms. The minimum atomic E-state index is -0.556. The predicted octanol–water partition coefficient (Wildman–Crippen LogP) is 5.41. The predicted molar refractivity (Wildman–Crippen MR) is 131 cm³/mol. The van der Waals surface area contributed by atoms with Crippen LogP contribution in [0.2, 0.25) is 0 Å². The Morgan fingerprint density at radius 3 is 1.03 bits per heavy atom. The molecular formula is C26H38O2Te2. The number of carbonyl (C=O) groups excluding carboxylic acids is 2. The molecule has 0 saturated heterocycles. The molecule has 0 fully saturated rings. The van der Waals surface area contributed by atoms with Crippen LogP contribution in [0.4, 0.5) is 0 Å². The maximum absolute atomic E-state index is 12.4. The molecule has 166 valence electrons. The summed E-state index contributed by atoms with van der Waals surface area (Å²) in [5.74, 6) is 11.4. The van der Waals surface area contributed by atoms with Crippen molar-refractivity contribution in [1.82, 2.24) is 0 Å². The van der Waals surface area contributed by atoms with Gasteiger partial charge in [-0.1, -0.05) is 0 Å². The normalized spacial score (nSPS) is 13.7. The maximum atomic E-state index is 12.4. The molecule has 0 atom stereocenters. The van der Waals surface area contributed by atoms with Crippen LogP contribution in [0.1, 0.15) is 83.1 Å². The molecule has 0 aromatic heterocycles. The SMILES string of the molecule is CC(C)(C)C#CC(=O)/C=C(/[Te][Te]/C(=C/C(=O)C#CC(C)(C)C)C(C)(C)C)C(C)(C)C. The number of carbonyl (C=O) groups is 2. The van der Waals surface area contributed by atoms with Crippen molar-refractivity contribution in [3.8, 4) is 23.7 Å². The van der Waals surface area contributed by atoms with E-state index in [0.29, 0.717) is 0 Å². The van der Waals surface area contributed by atoms with Gasteiger partial charge in [-0.25, -0.2) is 0 Å². The second-order valence-corrected chi connectivity index (χ2v) is 21.3. The van der Waals surface area contributed by atoms with Crippen molar-refractivity contribution in [1.29, 1.82) is 0 Å². The molecule has 0 bridgehead atoms. The summed E-state index contributed by atoms with van der Waals surface area (Å²) in [7, 11) is 0. The van der Waals surface area contributed by atoms with E-state index in [-0.39, 0.29) is 33.2 Å². The molecule has 0 aliphatic carbocycles. The van der Waals surface area contributed by atoms with Crippen LogP contribution < -0.4 is 0 Å². The average molecular weight is 638 g/mol. The third kappa shape index (κ3) is 14.5. The van der Waals surface area contributed by atoms with Gasteiger partial charge in [-0.15, -0.1) is 0 Å². The van der Waals surface area contributed by atoms with Crippen LogP contribution in [0.3, 0.4) is 0 Å². The molecule has 0 aromatic rings. The van der Waals surface area contributed by atoms with E-state index in [1.165, 1.54) is 7.24 Å². The summed E-state index contributed by atoms with van der Waals surface area (Å²) in [4.78, 5) is 24.9. The van der Waals surface area contributed by atoms with E-state index < -0.39 is 34.1 Å². The molecular weight excluding hydrogens is 599 g/mol. The van der Waals surface area contributed by atoms with E-state index in [2.05, 4.69) is 65.2 Å². The number of hydrogen-bond acceptors (Lipinski definition) is 2. The van der Waals surface area contributed by atoms with Crippen molar-refractivity contribution in [2.75, 3.05) is 0 Å². The van der Waals surface area contributed by atoms with Gasteiger partial charge in [0.1, 0.15) is 0 Å². The average Bonchev–Trinajstić information content (AvgIpc) is 2.50. The molecule has 0 aliphatic heterocycles. The Bertz CT molecular complexity index is 751. The molecule has 0 unspecified atom stereocenters. The van der Waals surface area contributed by atoms with Gasteiger partial charge in [0.15, 0.2) is 0 Å². The Labute approximate surface area is 201 Å². The molecule has 0 rings (SSSR count). The van der Waals surface area contributed by atoms with Gasteiger partial charge in [-0.2, -0.15) is 0 Å². The van der Waals surface area contributed by atoms with E-state index in [1.807, 2.05) is 41.5 Å². The third-order valence-electron chi connectivity index (χ3n) is 3.35. The number of hydrogen-bond donors (Lipinski definition) is 0. The van der Waals surface area contributed by atoms with Crippen molar-refractivity contribution in [3.05, 3.63) is 19.4 Å². The van der Waals surface area contributed by atoms with Gasteiger partial charge in [0.2, 0.25) is 0 Å². The molecule has 2 nitrogen and oxygen atoms in total. The van der Waals surface area contributed by atoms with Crippen molar-refractivity contribution in [3.63, 3.8) is 0 Å². The first kappa shape index (κ1) is 29.5. The van der Waals surface area contributed by atoms with Crippen molar-refractivity contribution in [2.45, 2.75) is 83.1 Å². The Balaban J connectivity index is 5.77. The standard InChI is InChI=1S/C26H38O2Te2/c1-23(2,3)15-13-19(27)17-21(25(7,8)9)29-30-22(26(10,11)12)18-20(28)14-16-24(4,5)6/h17-18H,1-12H3/b21-17+,22-18+. The summed E-state index contributed by atoms with van der Waals surface area (Å²) >= 11 is -1.11. The molecule has 0 aliphatic rings. The molecule has 0 spiro atoms. The Hall–Kier alpha value is -0.481. The molecule has 30 heavy (non-hydrogen) atoms. The van der Waals surface area contributed by atoms with Gasteiger partial charge in [-0.05, 0) is 0 Å². The Morgan fingerprint density at radius 2 is 0.833 bits per heavy atom. The van der Waals surface area contributed by atoms with Gasteiger partial charge >= 0.3 is 203 Å². The van der Waals surface area contributed by atoms with E-state index in [4.69, 9.17) is 0 Å². The minimum absolute atomic E-state index is 0.0644. The number of rotatable bonds is 5. The molecule has 0 N–H and O–H groups in total. The first-order valence-corrected chi connectivity index (χ1v) is 19.8. The zero-order valence-electron chi connectivity index (χ0n) is 20.8. The monoisotopic (exact) mass is 642 g/mol. The number of ketones is 2. The van der Waals surface area contributed by atoms with Gasteiger partial charge in [0.25, 0.3) is 0 Å². The van der Waals surface area contributed by atoms with E-state index in [9.17, 15) is 9.59 Å². The van der Waals surface area contributed by atoms with Gasteiger partial charge < -0.3 is 0 Å². The summed E-state index contributed by atoms with van der Waals surface area (Å²) in [6.07, 6.45) is 3.54. The van der Waals surface area contributed by atoms with E-state index in [0.717, 1.165) is 0 Å². The Morgan fingerprint density at radius 1 is 0.567 bits per heavy atom. The first-order valence-electron chi connectivity index (χ1n) is 10.1. The second kappa shape index (κ2) is 11.4. The summed E-state index contributed by atoms with van der Waals surface area (Å²) in [6.45, 7) is 24.9. The topological polar surface area (TPSA) is 34.1 Å². The van der Waals surface area contributed by atoms with Crippen LogP contribution in [-0.4, -0.2) is 45.7 Å². The van der Waals surface area contributed by atoms with Gasteiger partial charge in [-0.3, -0.25) is 0 Å². The van der Waals surface area contributed by atoms with E-state index in [1.54, 1.807) is 12.2 Å². The molecule has 0 heterocycles. The Kier molecular flexibility index (Phi) is 11.2. The molecule has 0 radical (unpaired) electrons. The van der Waals surface area contributed by atoms with E-state index >= 15 is 0 Å². The van der Waals surface area contributed by atoms with Crippen LogP contribution in [0.25, 0.3) is 0 Å².